The second-order valence-electron chi connectivity index (χ2n) is 7.58. The Kier molecular flexibility index (Phi) is 11.1. The topological polar surface area (TPSA) is 71.7 Å². The monoisotopic (exact) mass is 432 g/mol. The lowest BCUT2D eigenvalue weighted by molar-refractivity contribution is 0.00844. The van der Waals surface area contributed by atoms with E-state index in [1.165, 1.54) is 12.8 Å². The van der Waals surface area contributed by atoms with Crippen LogP contribution in [-0.4, -0.2) is 61.2 Å². The predicted molar refractivity (Wildman–Crippen MR) is 118 cm³/mol. The number of halogens is 2. The second-order valence-corrected chi connectivity index (χ2v) is 7.58. The van der Waals surface area contributed by atoms with Crippen molar-refractivity contribution >= 4 is 36.5 Å². The summed E-state index contributed by atoms with van der Waals surface area (Å²) in [4.78, 5) is 21.5. The van der Waals surface area contributed by atoms with Crippen LogP contribution in [0.2, 0.25) is 0 Å². The van der Waals surface area contributed by atoms with Gasteiger partial charge in [-0.25, -0.2) is 4.98 Å². The maximum Gasteiger partial charge on any atom is 0.255 e. The van der Waals surface area contributed by atoms with Crippen LogP contribution in [0.25, 0.3) is 0 Å². The summed E-state index contributed by atoms with van der Waals surface area (Å²) in [7, 11) is 0. The Morgan fingerprint density at radius 1 is 1.14 bits per heavy atom. The summed E-state index contributed by atoms with van der Waals surface area (Å²) in [5.41, 5.74) is 6.17. The molecule has 28 heavy (non-hydrogen) atoms. The Morgan fingerprint density at radius 3 is 2.39 bits per heavy atom. The molecule has 8 heteroatoms. The molecule has 3 rings (SSSR count). The van der Waals surface area contributed by atoms with E-state index >= 15 is 0 Å². The maximum absolute atomic E-state index is 12.7. The van der Waals surface area contributed by atoms with Crippen molar-refractivity contribution in [3.8, 4) is 0 Å². The number of likely N-dealkylation sites (tertiary alicyclic amines) is 1. The van der Waals surface area contributed by atoms with Crippen LogP contribution in [0, 0.1) is 5.92 Å². The van der Waals surface area contributed by atoms with Crippen molar-refractivity contribution < 1.29 is 9.53 Å². The van der Waals surface area contributed by atoms with Crippen LogP contribution in [0.15, 0.2) is 18.3 Å². The highest BCUT2D eigenvalue weighted by Gasteiger charge is 2.24. The molecular formula is C20H34Cl2N4O2. The van der Waals surface area contributed by atoms with Crippen molar-refractivity contribution in [2.45, 2.75) is 45.1 Å². The van der Waals surface area contributed by atoms with Gasteiger partial charge in [-0.2, -0.15) is 0 Å². The van der Waals surface area contributed by atoms with Gasteiger partial charge in [0, 0.05) is 39.0 Å². The van der Waals surface area contributed by atoms with Crippen LogP contribution < -0.4 is 10.6 Å². The van der Waals surface area contributed by atoms with Crippen molar-refractivity contribution in [2.24, 2.45) is 11.7 Å². The molecule has 1 amide bonds. The van der Waals surface area contributed by atoms with E-state index in [9.17, 15) is 4.79 Å². The first-order chi connectivity index (χ1) is 12.7. The quantitative estimate of drug-likeness (QED) is 0.698. The van der Waals surface area contributed by atoms with Gasteiger partial charge in [0.05, 0.1) is 11.7 Å². The lowest BCUT2D eigenvalue weighted by Gasteiger charge is -2.32. The van der Waals surface area contributed by atoms with Crippen LogP contribution in [-0.2, 0) is 4.74 Å². The fraction of sp³-hybridized carbons (Fsp3) is 0.700. The van der Waals surface area contributed by atoms with Crippen molar-refractivity contribution in [1.82, 2.24) is 9.88 Å². The molecule has 6 nitrogen and oxygen atoms in total. The average Bonchev–Trinajstić information content (AvgIpc) is 2.69. The van der Waals surface area contributed by atoms with E-state index in [-0.39, 0.29) is 36.8 Å². The highest BCUT2D eigenvalue weighted by atomic mass is 35.5. The summed E-state index contributed by atoms with van der Waals surface area (Å²) in [5.74, 6) is 1.87. The van der Waals surface area contributed by atoms with Gasteiger partial charge in [-0.15, -0.1) is 24.8 Å². The zero-order valence-corrected chi connectivity index (χ0v) is 18.3. The first-order valence-electron chi connectivity index (χ1n) is 9.99. The Bertz CT molecular complexity index is 572. The third-order valence-corrected chi connectivity index (χ3v) is 5.53. The van der Waals surface area contributed by atoms with E-state index in [2.05, 4.69) is 16.8 Å². The van der Waals surface area contributed by atoms with Crippen LogP contribution in [0.4, 0.5) is 5.82 Å². The SMILES string of the molecule is CC1CCN(c2ccc(C(=O)N3CCC(OCCCN)CC3)cn2)CC1.Cl.Cl. The molecule has 0 radical (unpaired) electrons. The first-order valence-corrected chi connectivity index (χ1v) is 9.99. The van der Waals surface area contributed by atoms with Gasteiger partial charge < -0.3 is 20.3 Å². The standard InChI is InChI=1S/C20H32N4O2.2ClH/c1-16-5-10-23(11-6-16)19-4-3-17(15-22-19)20(25)24-12-7-18(8-13-24)26-14-2-9-21;;/h3-4,15-16,18H,2,5-14,21H2,1H3;2*1H. The molecule has 0 aromatic carbocycles. The van der Waals surface area contributed by atoms with Gasteiger partial charge in [0.25, 0.3) is 5.91 Å². The summed E-state index contributed by atoms with van der Waals surface area (Å²) >= 11 is 0. The van der Waals surface area contributed by atoms with Crippen LogP contribution in [0.3, 0.4) is 0 Å². The number of rotatable bonds is 6. The highest BCUT2D eigenvalue weighted by molar-refractivity contribution is 5.94. The number of carbonyl (C=O) groups excluding carboxylic acids is 1. The molecule has 2 N–H and O–H groups in total. The van der Waals surface area contributed by atoms with Gasteiger partial charge >= 0.3 is 0 Å². The smallest absolute Gasteiger partial charge is 0.255 e. The van der Waals surface area contributed by atoms with E-state index in [0.717, 1.165) is 63.8 Å². The fourth-order valence-electron chi connectivity index (χ4n) is 3.68. The Labute approximate surface area is 181 Å². The number of hydrogen-bond acceptors (Lipinski definition) is 5. The number of hydrogen-bond donors (Lipinski definition) is 1. The van der Waals surface area contributed by atoms with Crippen LogP contribution in [0.5, 0.6) is 0 Å². The summed E-state index contributed by atoms with van der Waals surface area (Å²) in [6, 6.07) is 3.92. The summed E-state index contributed by atoms with van der Waals surface area (Å²) in [5, 5.41) is 0. The third-order valence-electron chi connectivity index (χ3n) is 5.53. The number of aromatic nitrogens is 1. The molecular weight excluding hydrogens is 399 g/mol. The largest absolute Gasteiger partial charge is 0.378 e. The molecule has 2 fully saturated rings. The predicted octanol–water partition coefficient (Wildman–Crippen LogP) is 3.13. The minimum absolute atomic E-state index is 0. The van der Waals surface area contributed by atoms with Gasteiger partial charge in [-0.3, -0.25) is 4.79 Å². The van der Waals surface area contributed by atoms with Crippen molar-refractivity contribution in [1.29, 1.82) is 0 Å². The summed E-state index contributed by atoms with van der Waals surface area (Å²) in [6.07, 6.45) is 7.11. The van der Waals surface area contributed by atoms with Crippen molar-refractivity contribution in [2.75, 3.05) is 44.2 Å². The molecule has 2 aliphatic rings. The van der Waals surface area contributed by atoms with Crippen LogP contribution >= 0.6 is 24.8 Å². The zero-order chi connectivity index (χ0) is 18.4. The van der Waals surface area contributed by atoms with E-state index in [1.807, 2.05) is 17.0 Å². The number of nitrogens with zero attached hydrogens (tertiary/aromatic N) is 3. The average molecular weight is 433 g/mol. The molecule has 0 aliphatic carbocycles. The molecule has 1 aromatic heterocycles. The number of piperidine rings is 2. The lowest BCUT2D eigenvalue weighted by atomic mass is 9.99. The Morgan fingerprint density at radius 2 is 1.82 bits per heavy atom. The number of anilines is 1. The minimum atomic E-state index is 0. The molecule has 0 bridgehead atoms. The van der Waals surface area contributed by atoms with Crippen molar-refractivity contribution in [3.05, 3.63) is 23.9 Å². The molecule has 2 saturated heterocycles. The zero-order valence-electron chi connectivity index (χ0n) is 16.7. The van der Waals surface area contributed by atoms with E-state index < -0.39 is 0 Å². The number of nitrogens with two attached hydrogens (primary N) is 1. The number of ether oxygens (including phenoxy) is 1. The molecule has 3 heterocycles. The third kappa shape index (κ3) is 6.76. The molecule has 0 saturated carbocycles. The van der Waals surface area contributed by atoms with Crippen molar-refractivity contribution in [3.63, 3.8) is 0 Å². The normalized spacial score (nSPS) is 18.4. The number of carbonyl (C=O) groups is 1. The van der Waals surface area contributed by atoms with Gasteiger partial charge in [-0.1, -0.05) is 6.92 Å². The van der Waals surface area contributed by atoms with Gasteiger partial charge in [-0.05, 0) is 56.7 Å². The highest BCUT2D eigenvalue weighted by Crippen LogP contribution is 2.22. The number of amides is 1. The Hall–Kier alpha value is -1.08. The molecule has 0 unspecified atom stereocenters. The maximum atomic E-state index is 12.7. The Balaban J connectivity index is 0.00000196. The van der Waals surface area contributed by atoms with Gasteiger partial charge in [0.15, 0.2) is 0 Å². The molecule has 0 spiro atoms. The fourth-order valence-corrected chi connectivity index (χ4v) is 3.68. The lowest BCUT2D eigenvalue weighted by Crippen LogP contribution is -2.41. The van der Waals surface area contributed by atoms with Gasteiger partial charge in [0.1, 0.15) is 5.82 Å². The van der Waals surface area contributed by atoms with E-state index in [4.69, 9.17) is 10.5 Å². The summed E-state index contributed by atoms with van der Waals surface area (Å²) < 4.78 is 5.81. The molecule has 1 aromatic rings. The van der Waals surface area contributed by atoms with E-state index in [1.54, 1.807) is 6.20 Å². The minimum Gasteiger partial charge on any atom is -0.378 e. The second kappa shape index (κ2) is 12.5. The molecule has 160 valence electrons. The van der Waals surface area contributed by atoms with Crippen LogP contribution in [0.1, 0.15) is 49.4 Å². The van der Waals surface area contributed by atoms with Gasteiger partial charge in [0.2, 0.25) is 0 Å². The number of pyridine rings is 1. The van der Waals surface area contributed by atoms with E-state index in [0.29, 0.717) is 12.1 Å². The molecule has 0 atom stereocenters. The first kappa shape index (κ1) is 25.0. The summed E-state index contributed by atoms with van der Waals surface area (Å²) in [6.45, 7) is 7.29. The molecule has 2 aliphatic heterocycles.